The molecule has 1 saturated heterocycles. The average molecular weight is 265 g/mol. The number of rotatable bonds is 5. The molecular formula is C15H23NO3. The number of piperidine rings is 1. The summed E-state index contributed by atoms with van der Waals surface area (Å²) in [6.07, 6.45) is 7.99. The van der Waals surface area contributed by atoms with Gasteiger partial charge in [-0.1, -0.05) is 5.57 Å². The van der Waals surface area contributed by atoms with E-state index in [-0.39, 0.29) is 18.4 Å². The Labute approximate surface area is 114 Å². The number of hydrogen-bond acceptors (Lipinski definition) is 2. The standard InChI is InChI=1S/C15H23NO3/c1-11(12-5-6-12)10-14(17)16-9-3-2-4-13(16)7-8-15(18)19/h10,12-13H,2-9H2,1H3,(H,18,19)/b11-10+. The largest absolute Gasteiger partial charge is 0.481 e. The van der Waals surface area contributed by atoms with Crippen molar-refractivity contribution in [2.75, 3.05) is 6.54 Å². The minimum atomic E-state index is -0.775. The number of carboxylic acids is 1. The van der Waals surface area contributed by atoms with Gasteiger partial charge in [-0.15, -0.1) is 0 Å². The van der Waals surface area contributed by atoms with Crippen LogP contribution in [0.3, 0.4) is 0 Å². The van der Waals surface area contributed by atoms with Crippen LogP contribution in [0.5, 0.6) is 0 Å². The van der Waals surface area contributed by atoms with Gasteiger partial charge in [0.05, 0.1) is 0 Å². The smallest absolute Gasteiger partial charge is 0.303 e. The summed E-state index contributed by atoms with van der Waals surface area (Å²) in [6.45, 7) is 2.81. The number of amides is 1. The van der Waals surface area contributed by atoms with Crippen LogP contribution in [0.15, 0.2) is 11.6 Å². The fourth-order valence-electron chi connectivity index (χ4n) is 2.82. The molecule has 4 nitrogen and oxygen atoms in total. The molecule has 2 fully saturated rings. The number of carbonyl (C=O) groups is 2. The van der Waals surface area contributed by atoms with Crippen LogP contribution >= 0.6 is 0 Å². The van der Waals surface area contributed by atoms with Crippen LogP contribution < -0.4 is 0 Å². The van der Waals surface area contributed by atoms with Crippen molar-refractivity contribution < 1.29 is 14.7 Å². The minimum absolute atomic E-state index is 0.0829. The summed E-state index contributed by atoms with van der Waals surface area (Å²) >= 11 is 0. The van der Waals surface area contributed by atoms with Crippen molar-refractivity contribution in [2.24, 2.45) is 5.92 Å². The molecule has 1 saturated carbocycles. The third-order valence-corrected chi connectivity index (χ3v) is 4.17. The van der Waals surface area contributed by atoms with Crippen LogP contribution in [-0.2, 0) is 9.59 Å². The van der Waals surface area contributed by atoms with Crippen LogP contribution in [0, 0.1) is 5.92 Å². The summed E-state index contributed by atoms with van der Waals surface area (Å²) in [5.74, 6) is -0.0756. The Balaban J connectivity index is 1.95. The van der Waals surface area contributed by atoms with Gasteiger partial charge in [-0.25, -0.2) is 0 Å². The summed E-state index contributed by atoms with van der Waals surface area (Å²) in [6, 6.07) is 0.112. The van der Waals surface area contributed by atoms with Gasteiger partial charge < -0.3 is 10.0 Å². The van der Waals surface area contributed by atoms with Crippen molar-refractivity contribution in [1.82, 2.24) is 4.90 Å². The van der Waals surface area contributed by atoms with Gasteiger partial charge in [0, 0.05) is 25.1 Å². The predicted molar refractivity (Wildman–Crippen MR) is 72.7 cm³/mol. The lowest BCUT2D eigenvalue weighted by Gasteiger charge is -2.35. The van der Waals surface area contributed by atoms with E-state index in [0.29, 0.717) is 12.3 Å². The second-order valence-electron chi connectivity index (χ2n) is 5.78. The summed E-state index contributed by atoms with van der Waals surface area (Å²) in [5, 5.41) is 8.78. The Kier molecular flexibility index (Phi) is 4.61. The van der Waals surface area contributed by atoms with Gasteiger partial charge in [-0.05, 0) is 51.4 Å². The van der Waals surface area contributed by atoms with Crippen LogP contribution in [0.25, 0.3) is 0 Å². The molecule has 2 aliphatic rings. The monoisotopic (exact) mass is 265 g/mol. The van der Waals surface area contributed by atoms with Crippen LogP contribution in [-0.4, -0.2) is 34.5 Å². The lowest BCUT2D eigenvalue weighted by Crippen LogP contribution is -2.43. The molecule has 1 heterocycles. The number of likely N-dealkylation sites (tertiary alicyclic amines) is 1. The van der Waals surface area contributed by atoms with E-state index in [0.717, 1.165) is 25.8 Å². The predicted octanol–water partition coefficient (Wildman–Crippen LogP) is 2.59. The van der Waals surface area contributed by atoms with Gasteiger partial charge in [-0.3, -0.25) is 9.59 Å². The van der Waals surface area contributed by atoms with E-state index in [1.54, 1.807) is 6.08 Å². The van der Waals surface area contributed by atoms with E-state index in [2.05, 4.69) is 0 Å². The zero-order valence-electron chi connectivity index (χ0n) is 11.6. The molecule has 1 aliphatic heterocycles. The highest BCUT2D eigenvalue weighted by atomic mass is 16.4. The number of carboxylic acid groups (broad SMARTS) is 1. The minimum Gasteiger partial charge on any atom is -0.481 e. The number of carbonyl (C=O) groups excluding carboxylic acids is 1. The van der Waals surface area contributed by atoms with Crippen LogP contribution in [0.1, 0.15) is 51.9 Å². The highest BCUT2D eigenvalue weighted by Gasteiger charge is 2.28. The number of hydrogen-bond donors (Lipinski definition) is 1. The first-order valence-corrected chi connectivity index (χ1v) is 7.28. The molecule has 19 heavy (non-hydrogen) atoms. The molecule has 2 rings (SSSR count). The lowest BCUT2D eigenvalue weighted by atomic mass is 9.97. The summed E-state index contributed by atoms with van der Waals surface area (Å²) in [5.41, 5.74) is 1.19. The Morgan fingerprint density at radius 2 is 2.00 bits per heavy atom. The zero-order valence-corrected chi connectivity index (χ0v) is 11.6. The van der Waals surface area contributed by atoms with Crippen molar-refractivity contribution in [3.63, 3.8) is 0 Å². The van der Waals surface area contributed by atoms with Crippen molar-refractivity contribution in [1.29, 1.82) is 0 Å². The molecule has 0 spiro atoms. The van der Waals surface area contributed by atoms with E-state index >= 15 is 0 Å². The number of nitrogens with zero attached hydrogens (tertiary/aromatic N) is 1. The summed E-state index contributed by atoms with van der Waals surface area (Å²) in [4.78, 5) is 24.9. The van der Waals surface area contributed by atoms with Crippen molar-refractivity contribution in [2.45, 2.75) is 57.9 Å². The van der Waals surface area contributed by atoms with Crippen LogP contribution in [0.2, 0.25) is 0 Å². The van der Waals surface area contributed by atoms with E-state index in [1.165, 1.54) is 18.4 Å². The zero-order chi connectivity index (χ0) is 13.8. The van der Waals surface area contributed by atoms with Gasteiger partial charge in [-0.2, -0.15) is 0 Å². The first-order chi connectivity index (χ1) is 9.08. The van der Waals surface area contributed by atoms with E-state index in [9.17, 15) is 9.59 Å². The van der Waals surface area contributed by atoms with E-state index in [1.807, 2.05) is 11.8 Å². The molecule has 4 heteroatoms. The maximum absolute atomic E-state index is 12.3. The van der Waals surface area contributed by atoms with Gasteiger partial charge in [0.25, 0.3) is 0 Å². The van der Waals surface area contributed by atoms with Crippen LogP contribution in [0.4, 0.5) is 0 Å². The fraction of sp³-hybridized carbons (Fsp3) is 0.733. The molecular weight excluding hydrogens is 242 g/mol. The van der Waals surface area contributed by atoms with Crippen molar-refractivity contribution in [3.05, 3.63) is 11.6 Å². The summed E-state index contributed by atoms with van der Waals surface area (Å²) < 4.78 is 0. The average Bonchev–Trinajstić information content (AvgIpc) is 3.20. The SMILES string of the molecule is C/C(=C\C(=O)N1CCCCC1CCC(=O)O)C1CC1. The van der Waals surface area contributed by atoms with Gasteiger partial charge in [0.2, 0.25) is 5.91 Å². The first kappa shape index (κ1) is 14.1. The molecule has 0 bridgehead atoms. The molecule has 1 atom stereocenters. The van der Waals surface area contributed by atoms with Gasteiger partial charge in [0.15, 0.2) is 0 Å². The lowest BCUT2D eigenvalue weighted by molar-refractivity contribution is -0.138. The fourth-order valence-corrected chi connectivity index (χ4v) is 2.82. The Morgan fingerprint density at radius 1 is 1.26 bits per heavy atom. The van der Waals surface area contributed by atoms with Gasteiger partial charge >= 0.3 is 5.97 Å². The highest BCUT2D eigenvalue weighted by molar-refractivity contribution is 5.88. The van der Waals surface area contributed by atoms with Crippen molar-refractivity contribution >= 4 is 11.9 Å². The Hall–Kier alpha value is -1.32. The summed E-state index contributed by atoms with van der Waals surface area (Å²) in [7, 11) is 0. The van der Waals surface area contributed by atoms with Gasteiger partial charge in [0.1, 0.15) is 0 Å². The maximum Gasteiger partial charge on any atom is 0.303 e. The Bertz CT molecular complexity index is 385. The molecule has 0 aromatic heterocycles. The molecule has 0 aromatic rings. The molecule has 0 aromatic carbocycles. The normalized spacial score (nSPS) is 24.4. The molecule has 106 valence electrons. The molecule has 1 amide bonds. The van der Waals surface area contributed by atoms with Crippen molar-refractivity contribution in [3.8, 4) is 0 Å². The molecule has 1 unspecified atom stereocenters. The van der Waals surface area contributed by atoms with E-state index < -0.39 is 5.97 Å². The topological polar surface area (TPSA) is 57.6 Å². The Morgan fingerprint density at radius 3 is 2.63 bits per heavy atom. The maximum atomic E-state index is 12.3. The second kappa shape index (κ2) is 6.22. The molecule has 1 N–H and O–H groups in total. The number of allylic oxidation sites excluding steroid dienone is 1. The first-order valence-electron chi connectivity index (χ1n) is 7.28. The quantitative estimate of drug-likeness (QED) is 0.777. The molecule has 1 aliphatic carbocycles. The third kappa shape index (κ3) is 4.08. The second-order valence-corrected chi connectivity index (χ2v) is 5.78. The highest BCUT2D eigenvalue weighted by Crippen LogP contribution is 2.36. The van der Waals surface area contributed by atoms with E-state index in [4.69, 9.17) is 5.11 Å². The third-order valence-electron chi connectivity index (χ3n) is 4.17. The number of aliphatic carboxylic acids is 1. The molecule has 0 radical (unpaired) electrons.